The van der Waals surface area contributed by atoms with Gasteiger partial charge in [0.25, 0.3) is 0 Å². The Kier molecular flexibility index (Phi) is 9.55. The Morgan fingerprint density at radius 3 is 1.41 bits per heavy atom. The van der Waals surface area contributed by atoms with Gasteiger partial charge in [-0.25, -0.2) is 0 Å². The van der Waals surface area contributed by atoms with Crippen LogP contribution in [-0.2, 0) is 4.79 Å². The van der Waals surface area contributed by atoms with Crippen molar-refractivity contribution < 1.29 is 4.79 Å². The van der Waals surface area contributed by atoms with E-state index in [-0.39, 0.29) is 0 Å². The average Bonchev–Trinajstić information content (AvgIpc) is 2.76. The molecule has 0 saturated carbocycles. The fraction of sp³-hybridized carbons (Fsp3) is 0.0741. The molecule has 2 heteroatoms. The molecule has 0 aliphatic heterocycles. The van der Waals surface area contributed by atoms with Crippen molar-refractivity contribution in [1.82, 2.24) is 0 Å². The first-order valence-electron chi connectivity index (χ1n) is 9.52. The highest BCUT2D eigenvalue weighted by Crippen LogP contribution is 2.32. The SMILES string of the molecule is C=C(C)C=CC=C(C)C=O.c1ccc(P(c2ccccc2)c2ccccc2)cc1. The van der Waals surface area contributed by atoms with Gasteiger partial charge in [0.2, 0.25) is 0 Å². The van der Waals surface area contributed by atoms with E-state index >= 15 is 0 Å². The van der Waals surface area contributed by atoms with Gasteiger partial charge in [-0.15, -0.1) is 0 Å². The molecule has 0 aromatic heterocycles. The smallest absolute Gasteiger partial charge is 0.145 e. The number of allylic oxidation sites excluding steroid dienone is 5. The van der Waals surface area contributed by atoms with Crippen LogP contribution in [0.25, 0.3) is 0 Å². The second-order valence-electron chi connectivity index (χ2n) is 6.58. The summed E-state index contributed by atoms with van der Waals surface area (Å²) in [5.41, 5.74) is 1.70. The summed E-state index contributed by atoms with van der Waals surface area (Å²) >= 11 is 0. The number of hydrogen-bond acceptors (Lipinski definition) is 1. The van der Waals surface area contributed by atoms with Gasteiger partial charge >= 0.3 is 0 Å². The van der Waals surface area contributed by atoms with Crippen LogP contribution < -0.4 is 15.9 Å². The second kappa shape index (κ2) is 12.4. The summed E-state index contributed by atoms with van der Waals surface area (Å²) in [6, 6.07) is 32.3. The highest BCUT2D eigenvalue weighted by molar-refractivity contribution is 7.79. The van der Waals surface area contributed by atoms with E-state index in [0.717, 1.165) is 17.4 Å². The molecule has 0 atom stereocenters. The molecule has 0 aliphatic rings. The molecule has 0 amide bonds. The van der Waals surface area contributed by atoms with E-state index in [1.165, 1.54) is 15.9 Å². The Morgan fingerprint density at radius 2 is 1.10 bits per heavy atom. The quantitative estimate of drug-likeness (QED) is 0.225. The van der Waals surface area contributed by atoms with Gasteiger partial charge in [-0.2, -0.15) is 0 Å². The van der Waals surface area contributed by atoms with Crippen molar-refractivity contribution in [2.45, 2.75) is 13.8 Å². The van der Waals surface area contributed by atoms with Crippen molar-refractivity contribution in [3.8, 4) is 0 Å². The highest BCUT2D eigenvalue weighted by atomic mass is 31.1. The zero-order valence-corrected chi connectivity index (χ0v) is 17.9. The lowest BCUT2D eigenvalue weighted by Crippen LogP contribution is -2.20. The first-order valence-corrected chi connectivity index (χ1v) is 10.9. The molecule has 0 heterocycles. The topological polar surface area (TPSA) is 17.1 Å². The Hall–Kier alpha value is -3.02. The van der Waals surface area contributed by atoms with E-state index < -0.39 is 7.92 Å². The largest absolute Gasteiger partial charge is 0.298 e. The molecule has 0 radical (unpaired) electrons. The minimum absolute atomic E-state index is 0.446. The lowest BCUT2D eigenvalue weighted by Gasteiger charge is -2.18. The molecule has 0 aliphatic carbocycles. The monoisotopic (exact) mass is 398 g/mol. The molecule has 3 aromatic rings. The summed E-state index contributed by atoms with van der Waals surface area (Å²) in [4.78, 5) is 10.1. The van der Waals surface area contributed by atoms with Crippen LogP contribution in [0.5, 0.6) is 0 Å². The fourth-order valence-electron chi connectivity index (χ4n) is 2.58. The van der Waals surface area contributed by atoms with Gasteiger partial charge in [0.05, 0.1) is 0 Å². The van der Waals surface area contributed by atoms with E-state index in [1.54, 1.807) is 13.0 Å². The van der Waals surface area contributed by atoms with Crippen LogP contribution in [0.3, 0.4) is 0 Å². The average molecular weight is 398 g/mol. The van der Waals surface area contributed by atoms with Crippen LogP contribution >= 0.6 is 7.92 Å². The van der Waals surface area contributed by atoms with E-state index in [0.29, 0.717) is 0 Å². The van der Waals surface area contributed by atoms with Crippen LogP contribution in [0.2, 0.25) is 0 Å². The first kappa shape index (κ1) is 22.3. The van der Waals surface area contributed by atoms with E-state index in [1.807, 2.05) is 19.1 Å². The van der Waals surface area contributed by atoms with Gasteiger partial charge in [0.1, 0.15) is 6.29 Å². The van der Waals surface area contributed by atoms with Gasteiger partial charge in [-0.1, -0.05) is 121 Å². The first-order chi connectivity index (χ1) is 14.1. The second-order valence-corrected chi connectivity index (χ2v) is 8.80. The molecule has 0 bridgehead atoms. The van der Waals surface area contributed by atoms with Crippen molar-refractivity contribution >= 4 is 30.1 Å². The number of aldehydes is 1. The van der Waals surface area contributed by atoms with Gasteiger partial charge in [-0.3, -0.25) is 4.79 Å². The van der Waals surface area contributed by atoms with Crippen molar-refractivity contribution in [2.75, 3.05) is 0 Å². The highest BCUT2D eigenvalue weighted by Gasteiger charge is 2.14. The minimum atomic E-state index is -0.446. The zero-order valence-electron chi connectivity index (χ0n) is 17.0. The van der Waals surface area contributed by atoms with Crippen LogP contribution in [0.4, 0.5) is 0 Å². The maximum absolute atomic E-state index is 10.1. The molecular formula is C27H27OP. The van der Waals surface area contributed by atoms with Crippen molar-refractivity contribution in [3.63, 3.8) is 0 Å². The predicted octanol–water partition coefficient (Wildman–Crippen LogP) is 5.71. The van der Waals surface area contributed by atoms with Crippen LogP contribution in [0, 0.1) is 0 Å². The molecule has 0 spiro atoms. The number of carbonyl (C=O) groups excluding carboxylic acids is 1. The zero-order chi connectivity index (χ0) is 20.9. The molecule has 0 unspecified atom stereocenters. The van der Waals surface area contributed by atoms with Crippen LogP contribution in [0.1, 0.15) is 13.8 Å². The number of benzene rings is 3. The summed E-state index contributed by atoms with van der Waals surface area (Å²) in [6.07, 6.45) is 6.24. The molecular weight excluding hydrogens is 371 g/mol. The molecule has 3 aromatic carbocycles. The van der Waals surface area contributed by atoms with Gasteiger partial charge < -0.3 is 0 Å². The molecule has 0 fully saturated rings. The summed E-state index contributed by atoms with van der Waals surface area (Å²) in [6.45, 7) is 7.34. The van der Waals surface area contributed by atoms with Crippen LogP contribution in [-0.4, -0.2) is 6.29 Å². The van der Waals surface area contributed by atoms with E-state index in [2.05, 4.69) is 97.6 Å². The summed E-state index contributed by atoms with van der Waals surface area (Å²) in [7, 11) is -0.446. The molecule has 1 nitrogen and oxygen atoms in total. The van der Waals surface area contributed by atoms with Gasteiger partial charge in [0, 0.05) is 0 Å². The number of carbonyl (C=O) groups is 1. The van der Waals surface area contributed by atoms with Crippen molar-refractivity contribution in [3.05, 3.63) is 127 Å². The summed E-state index contributed by atoms with van der Waals surface area (Å²) in [5.74, 6) is 0. The Balaban J connectivity index is 0.000000257. The molecule has 0 saturated heterocycles. The van der Waals surface area contributed by atoms with Crippen LogP contribution in [0.15, 0.2) is 127 Å². The maximum Gasteiger partial charge on any atom is 0.145 e. The number of hydrogen-bond donors (Lipinski definition) is 0. The number of rotatable bonds is 6. The van der Waals surface area contributed by atoms with E-state index in [9.17, 15) is 4.79 Å². The van der Waals surface area contributed by atoms with Crippen molar-refractivity contribution in [1.29, 1.82) is 0 Å². The molecule has 29 heavy (non-hydrogen) atoms. The minimum Gasteiger partial charge on any atom is -0.298 e. The van der Waals surface area contributed by atoms with E-state index in [4.69, 9.17) is 0 Å². The van der Waals surface area contributed by atoms with Crippen molar-refractivity contribution in [2.24, 2.45) is 0 Å². The Labute approximate surface area is 175 Å². The molecule has 3 rings (SSSR count). The molecule has 146 valence electrons. The molecule has 0 N–H and O–H groups in total. The maximum atomic E-state index is 10.1. The lowest BCUT2D eigenvalue weighted by molar-refractivity contribution is -0.104. The third kappa shape index (κ3) is 7.86. The predicted molar refractivity (Wildman–Crippen MR) is 129 cm³/mol. The normalized spacial score (nSPS) is 11.1. The lowest BCUT2D eigenvalue weighted by atomic mass is 10.2. The third-order valence-corrected chi connectivity index (χ3v) is 6.41. The third-order valence-electron chi connectivity index (χ3n) is 3.97. The fourth-order valence-corrected chi connectivity index (χ4v) is 4.89. The summed E-state index contributed by atoms with van der Waals surface area (Å²) < 4.78 is 0. The van der Waals surface area contributed by atoms with Gasteiger partial charge in [0.15, 0.2) is 0 Å². The Morgan fingerprint density at radius 1 is 0.724 bits per heavy atom. The standard InChI is InChI=1S/C18H15P.C9H12O/c1-4-10-16(11-5-1)19(17-12-6-2-7-13-17)18-14-8-3-9-15-18;1-8(2)5-4-6-9(3)7-10/h1-15H;4-7H,1H2,2-3H3. The summed E-state index contributed by atoms with van der Waals surface area (Å²) in [5, 5.41) is 4.19. The van der Waals surface area contributed by atoms with Gasteiger partial charge in [-0.05, 0) is 43.3 Å². The Bertz CT molecular complexity index is 848.